The molecule has 2 heteroatoms. The van der Waals surface area contributed by atoms with Crippen LogP contribution in [0.2, 0.25) is 0 Å². The molecule has 0 amide bonds. The van der Waals surface area contributed by atoms with Gasteiger partial charge in [0.1, 0.15) is 5.75 Å². The quantitative estimate of drug-likeness (QED) is 0.550. The van der Waals surface area contributed by atoms with Crippen molar-refractivity contribution in [3.8, 4) is 5.75 Å². The lowest BCUT2D eigenvalue weighted by molar-refractivity contribution is 0.489. The first-order chi connectivity index (χ1) is 9.24. The number of aryl methyl sites for hydroxylation is 2. The van der Waals surface area contributed by atoms with Gasteiger partial charge in [-0.05, 0) is 54.6 Å². The van der Waals surface area contributed by atoms with Crippen LogP contribution in [0.4, 0.5) is 0 Å². The van der Waals surface area contributed by atoms with Gasteiger partial charge in [0, 0.05) is 11.6 Å². The third kappa shape index (κ3) is 1.40. The topological polar surface area (TPSA) is 22.1 Å². The third-order valence-electron chi connectivity index (χ3n) is 3.73. The number of benzene rings is 2. The maximum atomic E-state index is 5.67. The average molecular weight is 247 g/mol. The minimum atomic E-state index is 0.903. The zero-order valence-electron chi connectivity index (χ0n) is 10.9. The van der Waals surface area contributed by atoms with E-state index in [2.05, 4.69) is 37.0 Å². The van der Waals surface area contributed by atoms with Crippen molar-refractivity contribution in [2.75, 3.05) is 0 Å². The Morgan fingerprint density at radius 1 is 1.05 bits per heavy atom. The SMILES string of the molecule is Cc1cc(C)c2cc3c4c(ccnc4c2c1)C=CO3. The zero-order valence-corrected chi connectivity index (χ0v) is 10.9. The molecule has 0 unspecified atom stereocenters. The van der Waals surface area contributed by atoms with E-state index in [0.717, 1.165) is 16.7 Å². The minimum Gasteiger partial charge on any atom is -0.464 e. The lowest BCUT2D eigenvalue weighted by Gasteiger charge is -2.16. The molecule has 92 valence electrons. The van der Waals surface area contributed by atoms with Crippen LogP contribution in [0.25, 0.3) is 27.8 Å². The summed E-state index contributed by atoms with van der Waals surface area (Å²) >= 11 is 0. The maximum Gasteiger partial charge on any atom is 0.137 e. The Bertz CT molecular complexity index is 862. The molecule has 1 aromatic heterocycles. The first-order valence-corrected chi connectivity index (χ1v) is 6.40. The van der Waals surface area contributed by atoms with Crippen molar-refractivity contribution in [2.24, 2.45) is 0 Å². The van der Waals surface area contributed by atoms with Crippen LogP contribution >= 0.6 is 0 Å². The summed E-state index contributed by atoms with van der Waals surface area (Å²) < 4.78 is 5.67. The van der Waals surface area contributed by atoms with Crippen LogP contribution in [0.1, 0.15) is 16.7 Å². The second-order valence-electron chi connectivity index (χ2n) is 5.10. The van der Waals surface area contributed by atoms with E-state index in [-0.39, 0.29) is 0 Å². The number of fused-ring (bicyclic) bond motifs is 2. The fourth-order valence-electron chi connectivity index (χ4n) is 2.92. The molecule has 0 spiro atoms. The van der Waals surface area contributed by atoms with Crippen LogP contribution in [-0.2, 0) is 0 Å². The lowest BCUT2D eigenvalue weighted by Crippen LogP contribution is -1.96. The maximum absolute atomic E-state index is 5.67. The highest BCUT2D eigenvalue weighted by Gasteiger charge is 2.15. The Hall–Kier alpha value is -2.35. The van der Waals surface area contributed by atoms with E-state index < -0.39 is 0 Å². The zero-order chi connectivity index (χ0) is 13.0. The molecule has 0 saturated carbocycles. The summed E-state index contributed by atoms with van der Waals surface area (Å²) in [6.45, 7) is 4.26. The van der Waals surface area contributed by atoms with E-state index in [1.54, 1.807) is 6.26 Å². The smallest absolute Gasteiger partial charge is 0.137 e. The summed E-state index contributed by atoms with van der Waals surface area (Å²) in [5, 5.41) is 3.53. The van der Waals surface area contributed by atoms with E-state index in [1.165, 1.54) is 27.5 Å². The van der Waals surface area contributed by atoms with Gasteiger partial charge >= 0.3 is 0 Å². The largest absolute Gasteiger partial charge is 0.464 e. The molecule has 1 aliphatic heterocycles. The highest BCUT2D eigenvalue weighted by Crippen LogP contribution is 2.38. The van der Waals surface area contributed by atoms with Crippen molar-refractivity contribution in [3.05, 3.63) is 53.4 Å². The van der Waals surface area contributed by atoms with E-state index in [4.69, 9.17) is 4.74 Å². The molecule has 0 atom stereocenters. The Labute approximate surface area is 111 Å². The summed E-state index contributed by atoms with van der Waals surface area (Å²) in [5.41, 5.74) is 4.73. The minimum absolute atomic E-state index is 0.903. The van der Waals surface area contributed by atoms with Crippen molar-refractivity contribution >= 4 is 27.8 Å². The van der Waals surface area contributed by atoms with Crippen molar-refractivity contribution < 1.29 is 4.74 Å². The van der Waals surface area contributed by atoms with Crippen LogP contribution in [0.3, 0.4) is 0 Å². The van der Waals surface area contributed by atoms with Crippen LogP contribution in [0.5, 0.6) is 5.75 Å². The van der Waals surface area contributed by atoms with Gasteiger partial charge in [0.25, 0.3) is 0 Å². The fourth-order valence-corrected chi connectivity index (χ4v) is 2.92. The molecule has 2 nitrogen and oxygen atoms in total. The van der Waals surface area contributed by atoms with Crippen LogP contribution in [0, 0.1) is 13.8 Å². The van der Waals surface area contributed by atoms with Gasteiger partial charge in [-0.3, -0.25) is 4.98 Å². The van der Waals surface area contributed by atoms with Gasteiger partial charge in [-0.15, -0.1) is 0 Å². The number of aromatic nitrogens is 1. The van der Waals surface area contributed by atoms with Gasteiger partial charge in [-0.2, -0.15) is 0 Å². The molecule has 4 rings (SSSR count). The molecule has 0 radical (unpaired) electrons. The first-order valence-electron chi connectivity index (χ1n) is 6.40. The van der Waals surface area contributed by atoms with Gasteiger partial charge in [0.15, 0.2) is 0 Å². The van der Waals surface area contributed by atoms with Crippen LogP contribution in [0.15, 0.2) is 36.7 Å². The van der Waals surface area contributed by atoms with E-state index in [1.807, 2.05) is 18.3 Å². The molecule has 0 N–H and O–H groups in total. The van der Waals surface area contributed by atoms with Crippen molar-refractivity contribution in [1.29, 1.82) is 0 Å². The number of pyridine rings is 1. The molecular weight excluding hydrogens is 234 g/mol. The summed E-state index contributed by atoms with van der Waals surface area (Å²) in [7, 11) is 0. The number of rotatable bonds is 0. The number of ether oxygens (including phenoxy) is 1. The molecule has 2 heterocycles. The van der Waals surface area contributed by atoms with Gasteiger partial charge in [0.2, 0.25) is 0 Å². The third-order valence-corrected chi connectivity index (χ3v) is 3.73. The number of hydrogen-bond donors (Lipinski definition) is 0. The highest BCUT2D eigenvalue weighted by molar-refractivity contribution is 6.12. The summed E-state index contributed by atoms with van der Waals surface area (Å²) in [4.78, 5) is 4.58. The molecule has 0 saturated heterocycles. The Balaban J connectivity index is 2.32. The van der Waals surface area contributed by atoms with Gasteiger partial charge in [-0.25, -0.2) is 0 Å². The van der Waals surface area contributed by atoms with Crippen molar-refractivity contribution in [3.63, 3.8) is 0 Å². The summed E-state index contributed by atoms with van der Waals surface area (Å²) in [6.07, 6.45) is 5.60. The second kappa shape index (κ2) is 3.58. The predicted octanol–water partition coefficient (Wildman–Crippen LogP) is 4.37. The van der Waals surface area contributed by atoms with E-state index in [9.17, 15) is 0 Å². The Kier molecular flexibility index (Phi) is 1.99. The standard InChI is InChI=1S/C17H13NO/c1-10-7-11(2)13-9-15-16-12(4-6-19-15)3-5-18-17(16)14(13)8-10/h3-9H,1-2H3. The molecule has 0 fully saturated rings. The lowest BCUT2D eigenvalue weighted by atomic mass is 9.96. The molecule has 19 heavy (non-hydrogen) atoms. The van der Waals surface area contributed by atoms with Gasteiger partial charge in [-0.1, -0.05) is 11.6 Å². The molecule has 0 aliphatic carbocycles. The fraction of sp³-hybridized carbons (Fsp3) is 0.118. The second-order valence-corrected chi connectivity index (χ2v) is 5.10. The molecular formula is C17H13NO. The van der Waals surface area contributed by atoms with E-state index in [0.29, 0.717) is 0 Å². The van der Waals surface area contributed by atoms with Crippen molar-refractivity contribution in [2.45, 2.75) is 13.8 Å². The number of nitrogens with zero attached hydrogens (tertiary/aromatic N) is 1. The van der Waals surface area contributed by atoms with Crippen LogP contribution in [-0.4, -0.2) is 4.98 Å². The molecule has 0 bridgehead atoms. The van der Waals surface area contributed by atoms with Gasteiger partial charge in [0.05, 0.1) is 17.2 Å². The monoisotopic (exact) mass is 247 g/mol. The van der Waals surface area contributed by atoms with Crippen molar-refractivity contribution in [1.82, 2.24) is 4.98 Å². The molecule has 3 aromatic rings. The van der Waals surface area contributed by atoms with E-state index >= 15 is 0 Å². The first kappa shape index (κ1) is 10.6. The summed E-state index contributed by atoms with van der Waals surface area (Å²) in [5.74, 6) is 0.903. The Morgan fingerprint density at radius 2 is 1.95 bits per heavy atom. The number of hydrogen-bond acceptors (Lipinski definition) is 2. The summed E-state index contributed by atoms with van der Waals surface area (Å²) in [6, 6.07) is 8.56. The van der Waals surface area contributed by atoms with Crippen LogP contribution < -0.4 is 4.74 Å². The predicted molar refractivity (Wildman–Crippen MR) is 78.4 cm³/mol. The Morgan fingerprint density at radius 3 is 2.84 bits per heavy atom. The highest BCUT2D eigenvalue weighted by atomic mass is 16.5. The molecule has 2 aromatic carbocycles. The normalized spacial score (nSPS) is 12.9. The molecule has 1 aliphatic rings. The van der Waals surface area contributed by atoms with Gasteiger partial charge < -0.3 is 4.74 Å². The average Bonchev–Trinajstić information content (AvgIpc) is 2.41.